The lowest BCUT2D eigenvalue weighted by atomic mass is 9.92. The molecule has 3 heterocycles. The summed E-state index contributed by atoms with van der Waals surface area (Å²) in [5.41, 5.74) is 5.35. The van der Waals surface area contributed by atoms with Gasteiger partial charge in [-0.2, -0.15) is 0 Å². The van der Waals surface area contributed by atoms with Crippen LogP contribution < -0.4 is 16.0 Å². The second-order valence-electron chi connectivity index (χ2n) is 9.95. The summed E-state index contributed by atoms with van der Waals surface area (Å²) >= 11 is 6.16. The minimum atomic E-state index is -0.645. The van der Waals surface area contributed by atoms with E-state index in [1.54, 1.807) is 19.3 Å². The topological polar surface area (TPSA) is 98.9 Å². The number of aromatic nitrogens is 2. The Kier molecular flexibility index (Phi) is 8.05. The van der Waals surface area contributed by atoms with E-state index in [-0.39, 0.29) is 17.9 Å². The van der Waals surface area contributed by atoms with Crippen LogP contribution in [0.2, 0.25) is 5.02 Å². The molecule has 0 spiro atoms. The molecule has 38 heavy (non-hydrogen) atoms. The van der Waals surface area contributed by atoms with Crippen LogP contribution >= 0.6 is 11.6 Å². The number of amides is 2. The number of hydrogen-bond donors (Lipinski definition) is 4. The first kappa shape index (κ1) is 25.9. The number of benzene rings is 2. The minimum absolute atomic E-state index is 0.137. The quantitative estimate of drug-likeness (QED) is 0.254. The number of aryl methyl sites for hydroxylation is 1. The van der Waals surface area contributed by atoms with Gasteiger partial charge in [-0.1, -0.05) is 66.2 Å². The number of carbonyl (C=O) groups excluding carboxylic acids is 2. The Hall–Kier alpha value is -3.68. The van der Waals surface area contributed by atoms with Gasteiger partial charge in [0, 0.05) is 24.3 Å². The van der Waals surface area contributed by atoms with E-state index in [9.17, 15) is 9.59 Å². The molecule has 0 bridgehead atoms. The zero-order valence-electron chi connectivity index (χ0n) is 21.3. The van der Waals surface area contributed by atoms with Crippen LogP contribution in [0.1, 0.15) is 30.9 Å². The van der Waals surface area contributed by atoms with Gasteiger partial charge in [-0.25, -0.2) is 4.98 Å². The van der Waals surface area contributed by atoms with Crippen molar-refractivity contribution in [2.24, 2.45) is 5.92 Å². The molecule has 4 aromatic rings. The molecule has 1 aliphatic rings. The number of H-pyrrole nitrogens is 1. The Bertz CT molecular complexity index is 1420. The molecule has 0 aliphatic carbocycles. The van der Waals surface area contributed by atoms with E-state index in [4.69, 9.17) is 11.6 Å². The summed E-state index contributed by atoms with van der Waals surface area (Å²) < 4.78 is 0. The van der Waals surface area contributed by atoms with E-state index in [2.05, 4.69) is 74.4 Å². The highest BCUT2D eigenvalue weighted by atomic mass is 35.5. The lowest BCUT2D eigenvalue weighted by molar-refractivity contribution is -0.129. The number of rotatable bonds is 9. The highest BCUT2D eigenvalue weighted by Gasteiger charge is 2.30. The molecular weight excluding hydrogens is 498 g/mol. The third-order valence-corrected chi connectivity index (χ3v) is 7.53. The molecule has 196 valence electrons. The van der Waals surface area contributed by atoms with Gasteiger partial charge >= 0.3 is 0 Å². The van der Waals surface area contributed by atoms with Crippen LogP contribution in [0.15, 0.2) is 73.1 Å². The number of halogens is 1. The zero-order valence-corrected chi connectivity index (χ0v) is 22.1. The van der Waals surface area contributed by atoms with Crippen molar-refractivity contribution < 1.29 is 9.59 Å². The summed E-state index contributed by atoms with van der Waals surface area (Å²) in [5, 5.41) is 10.5. The van der Waals surface area contributed by atoms with Crippen LogP contribution in [-0.4, -0.2) is 40.4 Å². The van der Waals surface area contributed by atoms with Gasteiger partial charge in [-0.15, -0.1) is 0 Å². The van der Waals surface area contributed by atoms with Gasteiger partial charge in [0.1, 0.15) is 11.7 Å². The normalized spacial score (nSPS) is 17.8. The second kappa shape index (κ2) is 11.8. The van der Waals surface area contributed by atoms with Crippen molar-refractivity contribution >= 4 is 34.4 Å². The Morgan fingerprint density at radius 2 is 1.92 bits per heavy atom. The fourth-order valence-corrected chi connectivity index (χ4v) is 5.26. The second-order valence-corrected chi connectivity index (χ2v) is 10.4. The van der Waals surface area contributed by atoms with Gasteiger partial charge in [-0.05, 0) is 67.0 Å². The largest absolute Gasteiger partial charge is 0.350 e. The number of aromatic amines is 1. The maximum atomic E-state index is 12.9. The van der Waals surface area contributed by atoms with Crippen LogP contribution in [0.3, 0.4) is 0 Å². The lowest BCUT2D eigenvalue weighted by Gasteiger charge is -2.17. The molecule has 2 amide bonds. The molecule has 1 fully saturated rings. The summed E-state index contributed by atoms with van der Waals surface area (Å²) in [7, 11) is 0. The first-order valence-electron chi connectivity index (χ1n) is 13.0. The minimum Gasteiger partial charge on any atom is -0.350 e. The molecule has 2 aromatic heterocycles. The standard InChI is InChI=1S/C30H32ClN5O2/c1-19(29(37)35-17-21-13-25-26(31)18-34-28(25)33-16-21)36-30(38)27-14-20(15-32-27)11-12-23-9-5-6-10-24(23)22-7-3-2-4-8-22/h2-10,13,16,18-20,27,32H,11-12,14-15,17H2,1H3,(H,33,34)(H,35,37)(H,36,38)/t19-,20-,27+/m0/s1. The van der Waals surface area contributed by atoms with E-state index < -0.39 is 6.04 Å². The molecule has 0 saturated carbocycles. The zero-order chi connectivity index (χ0) is 26.5. The van der Waals surface area contributed by atoms with Crippen LogP contribution in [0.4, 0.5) is 0 Å². The number of pyridine rings is 1. The van der Waals surface area contributed by atoms with Gasteiger partial charge in [-0.3, -0.25) is 9.59 Å². The highest BCUT2D eigenvalue weighted by Crippen LogP contribution is 2.27. The lowest BCUT2D eigenvalue weighted by Crippen LogP contribution is -2.49. The number of carbonyl (C=O) groups is 2. The Labute approximate surface area is 227 Å². The summed E-state index contributed by atoms with van der Waals surface area (Å²) in [6.07, 6.45) is 6.10. The molecule has 1 saturated heterocycles. The predicted octanol–water partition coefficient (Wildman–Crippen LogP) is 4.62. The van der Waals surface area contributed by atoms with Gasteiger partial charge in [0.25, 0.3) is 0 Å². The maximum Gasteiger partial charge on any atom is 0.242 e. The molecule has 8 heteroatoms. The van der Waals surface area contributed by atoms with E-state index >= 15 is 0 Å². The summed E-state index contributed by atoms with van der Waals surface area (Å²) in [6, 6.07) is 19.9. The molecule has 0 unspecified atom stereocenters. The van der Waals surface area contributed by atoms with E-state index in [0.29, 0.717) is 23.1 Å². The fourth-order valence-electron chi connectivity index (χ4n) is 5.06. The van der Waals surface area contributed by atoms with Crippen molar-refractivity contribution in [3.8, 4) is 11.1 Å². The number of hydrogen-bond acceptors (Lipinski definition) is 4. The number of nitrogens with one attached hydrogen (secondary N) is 4. The predicted molar refractivity (Wildman–Crippen MR) is 151 cm³/mol. The summed E-state index contributed by atoms with van der Waals surface area (Å²) in [6.45, 7) is 2.80. The molecule has 4 N–H and O–H groups in total. The molecule has 5 rings (SSSR count). The Balaban J connectivity index is 1.08. The Morgan fingerprint density at radius 3 is 2.76 bits per heavy atom. The van der Waals surface area contributed by atoms with Crippen LogP contribution in [0.25, 0.3) is 22.2 Å². The number of fused-ring (bicyclic) bond motifs is 1. The van der Waals surface area contributed by atoms with Gasteiger partial charge in [0.15, 0.2) is 0 Å². The SMILES string of the molecule is C[C@H](NC(=O)[C@H]1C[C@H](CCc2ccccc2-c2ccccc2)CN1)C(=O)NCc1cnc2[nH]cc(Cl)c2c1. The highest BCUT2D eigenvalue weighted by molar-refractivity contribution is 6.35. The van der Waals surface area contributed by atoms with Crippen molar-refractivity contribution in [3.63, 3.8) is 0 Å². The average Bonchev–Trinajstić information content (AvgIpc) is 3.58. The first-order chi connectivity index (χ1) is 18.5. The van der Waals surface area contributed by atoms with Crippen LogP contribution in [0, 0.1) is 5.92 Å². The molecule has 0 radical (unpaired) electrons. The van der Waals surface area contributed by atoms with Crippen molar-refractivity contribution in [1.29, 1.82) is 0 Å². The maximum absolute atomic E-state index is 12.9. The van der Waals surface area contributed by atoms with Crippen LogP contribution in [0.5, 0.6) is 0 Å². The number of nitrogens with zero attached hydrogens (tertiary/aromatic N) is 1. The van der Waals surface area contributed by atoms with Crippen LogP contribution in [-0.2, 0) is 22.6 Å². The van der Waals surface area contributed by atoms with Gasteiger partial charge < -0.3 is 20.9 Å². The van der Waals surface area contributed by atoms with Crippen molar-refractivity contribution in [3.05, 3.63) is 89.2 Å². The summed E-state index contributed by atoms with van der Waals surface area (Å²) in [4.78, 5) is 32.8. The third-order valence-electron chi connectivity index (χ3n) is 7.22. The summed E-state index contributed by atoms with van der Waals surface area (Å²) in [5.74, 6) is 0.0223. The first-order valence-corrected chi connectivity index (χ1v) is 13.4. The molecule has 2 aromatic carbocycles. The molecule has 3 atom stereocenters. The monoisotopic (exact) mass is 529 g/mol. The smallest absolute Gasteiger partial charge is 0.242 e. The van der Waals surface area contributed by atoms with Crippen molar-refractivity contribution in [2.45, 2.75) is 44.8 Å². The molecule has 7 nitrogen and oxygen atoms in total. The fraction of sp³-hybridized carbons (Fsp3) is 0.300. The van der Waals surface area contributed by atoms with Crippen molar-refractivity contribution in [1.82, 2.24) is 25.9 Å². The van der Waals surface area contributed by atoms with Crippen molar-refractivity contribution in [2.75, 3.05) is 6.54 Å². The van der Waals surface area contributed by atoms with E-state index in [1.807, 2.05) is 12.1 Å². The molecular formula is C30H32ClN5O2. The van der Waals surface area contributed by atoms with E-state index in [0.717, 1.165) is 36.8 Å². The molecule has 1 aliphatic heterocycles. The van der Waals surface area contributed by atoms with E-state index in [1.165, 1.54) is 16.7 Å². The van der Waals surface area contributed by atoms with Gasteiger partial charge in [0.2, 0.25) is 11.8 Å². The Morgan fingerprint density at radius 1 is 1.13 bits per heavy atom. The third kappa shape index (κ3) is 6.06. The van der Waals surface area contributed by atoms with Gasteiger partial charge in [0.05, 0.1) is 11.1 Å². The average molecular weight is 530 g/mol.